The zero-order chi connectivity index (χ0) is 11.5. The number of H-pyrrole nitrogens is 1. The first-order valence-electron chi connectivity index (χ1n) is 4.55. The molecule has 2 rings (SSSR count). The predicted octanol–water partition coefficient (Wildman–Crippen LogP) is 0.214. The molecule has 16 heavy (non-hydrogen) atoms. The van der Waals surface area contributed by atoms with Crippen LogP contribution in [0.1, 0.15) is 10.5 Å². The second kappa shape index (κ2) is 4.11. The van der Waals surface area contributed by atoms with E-state index < -0.39 is 5.91 Å². The summed E-state index contributed by atoms with van der Waals surface area (Å²) in [6, 6.07) is 6.73. The van der Waals surface area contributed by atoms with E-state index in [0.717, 1.165) is 0 Å². The Balaban J connectivity index is 2.68. The summed E-state index contributed by atoms with van der Waals surface area (Å²) in [5, 5.41) is 6.86. The highest BCUT2D eigenvalue weighted by molar-refractivity contribution is 6.04. The Kier molecular flexibility index (Phi) is 2.65. The number of nitrogens with zero attached hydrogens (tertiary/aromatic N) is 1. The second-order valence-electron chi connectivity index (χ2n) is 3.08. The van der Waals surface area contributed by atoms with Gasteiger partial charge in [0.2, 0.25) is 0 Å². The average molecular weight is 219 g/mol. The molecule has 0 aliphatic heterocycles. The van der Waals surface area contributed by atoms with Crippen LogP contribution in [0, 0.1) is 0 Å². The van der Waals surface area contributed by atoms with E-state index in [1.54, 1.807) is 24.3 Å². The zero-order valence-corrected chi connectivity index (χ0v) is 8.48. The van der Waals surface area contributed by atoms with Crippen LogP contribution in [0.15, 0.2) is 29.1 Å². The molecule has 0 fully saturated rings. The summed E-state index contributed by atoms with van der Waals surface area (Å²) in [6.07, 6.45) is 0. The van der Waals surface area contributed by atoms with Crippen molar-refractivity contribution in [3.8, 4) is 0 Å². The molecule has 1 aromatic carbocycles. The van der Waals surface area contributed by atoms with E-state index in [0.29, 0.717) is 10.8 Å². The molecule has 0 aliphatic rings. The SMILES string of the molecule is CONC(=O)c1n[nH]c(=O)c2ccccc12. The maximum absolute atomic E-state index is 11.5. The number of nitrogens with one attached hydrogen (secondary N) is 2. The lowest BCUT2D eigenvalue weighted by Gasteiger charge is -2.03. The van der Waals surface area contributed by atoms with Gasteiger partial charge in [-0.3, -0.25) is 14.4 Å². The quantitative estimate of drug-likeness (QED) is 0.707. The number of rotatable bonds is 2. The van der Waals surface area contributed by atoms with Gasteiger partial charge in [-0.05, 0) is 6.07 Å². The van der Waals surface area contributed by atoms with Crippen molar-refractivity contribution in [2.75, 3.05) is 7.11 Å². The van der Waals surface area contributed by atoms with Gasteiger partial charge < -0.3 is 0 Å². The van der Waals surface area contributed by atoms with E-state index in [4.69, 9.17) is 0 Å². The second-order valence-corrected chi connectivity index (χ2v) is 3.08. The van der Waals surface area contributed by atoms with Crippen molar-refractivity contribution in [3.63, 3.8) is 0 Å². The van der Waals surface area contributed by atoms with E-state index in [9.17, 15) is 9.59 Å². The molecule has 0 unspecified atom stereocenters. The van der Waals surface area contributed by atoms with Crippen LogP contribution in [0.2, 0.25) is 0 Å². The maximum Gasteiger partial charge on any atom is 0.295 e. The largest absolute Gasteiger partial charge is 0.295 e. The minimum Gasteiger partial charge on any atom is -0.277 e. The number of benzene rings is 1. The van der Waals surface area contributed by atoms with E-state index in [1.165, 1.54) is 7.11 Å². The fourth-order valence-corrected chi connectivity index (χ4v) is 1.43. The number of hydrogen-bond acceptors (Lipinski definition) is 4. The van der Waals surface area contributed by atoms with Gasteiger partial charge >= 0.3 is 0 Å². The molecule has 2 aromatic rings. The van der Waals surface area contributed by atoms with Crippen LogP contribution < -0.4 is 11.0 Å². The molecular weight excluding hydrogens is 210 g/mol. The van der Waals surface area contributed by atoms with Gasteiger partial charge in [-0.15, -0.1) is 0 Å². The molecule has 0 saturated carbocycles. The fourth-order valence-electron chi connectivity index (χ4n) is 1.43. The Morgan fingerprint density at radius 1 is 1.38 bits per heavy atom. The molecule has 0 spiro atoms. The normalized spacial score (nSPS) is 10.3. The third kappa shape index (κ3) is 1.66. The summed E-state index contributed by atoms with van der Waals surface area (Å²) >= 11 is 0. The zero-order valence-electron chi connectivity index (χ0n) is 8.48. The molecule has 1 aromatic heterocycles. The number of carbonyl (C=O) groups excluding carboxylic acids is 1. The molecule has 0 bridgehead atoms. The Bertz CT molecular complexity index is 591. The summed E-state index contributed by atoms with van der Waals surface area (Å²) < 4.78 is 0. The Morgan fingerprint density at radius 2 is 2.06 bits per heavy atom. The molecule has 6 nitrogen and oxygen atoms in total. The smallest absolute Gasteiger partial charge is 0.277 e. The highest BCUT2D eigenvalue weighted by atomic mass is 16.6. The average Bonchev–Trinajstić information content (AvgIpc) is 2.30. The first-order valence-corrected chi connectivity index (χ1v) is 4.55. The van der Waals surface area contributed by atoms with Crippen LogP contribution in [0.3, 0.4) is 0 Å². The van der Waals surface area contributed by atoms with Gasteiger partial charge in [0, 0.05) is 5.39 Å². The molecule has 1 amide bonds. The third-order valence-electron chi connectivity index (χ3n) is 2.11. The van der Waals surface area contributed by atoms with Gasteiger partial charge in [-0.2, -0.15) is 5.10 Å². The molecule has 0 atom stereocenters. The third-order valence-corrected chi connectivity index (χ3v) is 2.11. The van der Waals surface area contributed by atoms with E-state index in [1.807, 2.05) is 0 Å². The fraction of sp³-hybridized carbons (Fsp3) is 0.100. The van der Waals surface area contributed by atoms with Crippen LogP contribution >= 0.6 is 0 Å². The molecule has 82 valence electrons. The van der Waals surface area contributed by atoms with Crippen LogP contribution in [-0.2, 0) is 4.84 Å². The standard InChI is InChI=1S/C10H9N3O3/c1-16-13-10(15)8-6-4-2-3-5-7(6)9(14)12-11-8/h2-5H,1H3,(H,12,14)(H,13,15). The number of carbonyl (C=O) groups is 1. The lowest BCUT2D eigenvalue weighted by molar-refractivity contribution is 0.0533. The number of aromatic nitrogens is 2. The molecule has 0 radical (unpaired) electrons. The summed E-state index contributed by atoms with van der Waals surface area (Å²) in [4.78, 5) is 27.5. The van der Waals surface area contributed by atoms with Gasteiger partial charge in [0.25, 0.3) is 11.5 Å². The van der Waals surface area contributed by atoms with Crippen molar-refractivity contribution in [1.82, 2.24) is 15.7 Å². The minimum absolute atomic E-state index is 0.122. The van der Waals surface area contributed by atoms with Gasteiger partial charge in [-0.25, -0.2) is 10.6 Å². The van der Waals surface area contributed by atoms with Gasteiger partial charge in [0.05, 0.1) is 12.5 Å². The van der Waals surface area contributed by atoms with Crippen molar-refractivity contribution in [3.05, 3.63) is 40.3 Å². The number of hydrogen-bond donors (Lipinski definition) is 2. The molecule has 6 heteroatoms. The van der Waals surface area contributed by atoms with Crippen molar-refractivity contribution < 1.29 is 9.63 Å². The van der Waals surface area contributed by atoms with Gasteiger partial charge in [0.15, 0.2) is 5.69 Å². The lowest BCUT2D eigenvalue weighted by atomic mass is 10.1. The number of amides is 1. The van der Waals surface area contributed by atoms with Gasteiger partial charge in [-0.1, -0.05) is 18.2 Å². The Morgan fingerprint density at radius 3 is 2.75 bits per heavy atom. The van der Waals surface area contributed by atoms with E-state index >= 15 is 0 Å². The van der Waals surface area contributed by atoms with Crippen LogP contribution in [0.25, 0.3) is 10.8 Å². The molecule has 0 aliphatic carbocycles. The van der Waals surface area contributed by atoms with E-state index in [-0.39, 0.29) is 11.3 Å². The molecular formula is C10H9N3O3. The molecule has 0 saturated heterocycles. The van der Waals surface area contributed by atoms with E-state index in [2.05, 4.69) is 20.5 Å². The number of aromatic amines is 1. The highest BCUT2D eigenvalue weighted by Gasteiger charge is 2.12. The summed E-state index contributed by atoms with van der Waals surface area (Å²) in [6.45, 7) is 0. The summed E-state index contributed by atoms with van der Waals surface area (Å²) in [5.74, 6) is -0.505. The van der Waals surface area contributed by atoms with Crippen molar-refractivity contribution in [2.45, 2.75) is 0 Å². The molecule has 2 N–H and O–H groups in total. The van der Waals surface area contributed by atoms with Crippen molar-refractivity contribution in [1.29, 1.82) is 0 Å². The topological polar surface area (TPSA) is 84.1 Å². The summed E-state index contributed by atoms with van der Waals surface area (Å²) in [7, 11) is 1.33. The van der Waals surface area contributed by atoms with Gasteiger partial charge in [0.1, 0.15) is 0 Å². The van der Waals surface area contributed by atoms with Crippen LogP contribution in [0.5, 0.6) is 0 Å². The number of hydroxylamine groups is 1. The predicted molar refractivity (Wildman–Crippen MR) is 56.8 cm³/mol. The Hall–Kier alpha value is -2.21. The lowest BCUT2D eigenvalue weighted by Crippen LogP contribution is -2.25. The first kappa shape index (κ1) is 10.3. The molecule has 1 heterocycles. The van der Waals surface area contributed by atoms with Crippen LogP contribution in [-0.4, -0.2) is 23.2 Å². The summed E-state index contributed by atoms with van der Waals surface area (Å²) in [5.41, 5.74) is 1.94. The maximum atomic E-state index is 11.5. The monoisotopic (exact) mass is 219 g/mol. The van der Waals surface area contributed by atoms with Crippen molar-refractivity contribution >= 4 is 16.7 Å². The first-order chi connectivity index (χ1) is 7.74. The number of fused-ring (bicyclic) bond motifs is 1. The Labute approximate surface area is 90.2 Å². The van der Waals surface area contributed by atoms with Crippen LogP contribution in [0.4, 0.5) is 0 Å². The highest BCUT2D eigenvalue weighted by Crippen LogP contribution is 2.11. The minimum atomic E-state index is -0.505. The van der Waals surface area contributed by atoms with Crippen molar-refractivity contribution in [2.24, 2.45) is 0 Å².